The van der Waals surface area contributed by atoms with Gasteiger partial charge < -0.3 is 11.1 Å². The summed E-state index contributed by atoms with van der Waals surface area (Å²) in [4.78, 5) is 16.3. The van der Waals surface area contributed by atoms with E-state index in [1.165, 1.54) is 0 Å². The molecule has 3 N–H and O–H groups in total. The van der Waals surface area contributed by atoms with Gasteiger partial charge in [-0.1, -0.05) is 18.9 Å². The van der Waals surface area contributed by atoms with Crippen molar-refractivity contribution in [2.24, 2.45) is 11.7 Å². The summed E-state index contributed by atoms with van der Waals surface area (Å²) in [6.45, 7) is 1.93. The first-order valence-corrected chi connectivity index (χ1v) is 6.16. The molecule has 1 heterocycles. The summed E-state index contributed by atoms with van der Waals surface area (Å²) in [5.41, 5.74) is 6.97. The van der Waals surface area contributed by atoms with E-state index in [1.54, 1.807) is 6.20 Å². The fourth-order valence-electron chi connectivity index (χ4n) is 2.31. The molecule has 92 valence electrons. The van der Waals surface area contributed by atoms with E-state index in [9.17, 15) is 4.79 Å². The molecule has 2 atom stereocenters. The van der Waals surface area contributed by atoms with Crippen molar-refractivity contribution in [2.75, 3.05) is 5.32 Å². The van der Waals surface area contributed by atoms with Gasteiger partial charge in [0.25, 0.3) is 0 Å². The van der Waals surface area contributed by atoms with Crippen molar-refractivity contribution in [3.8, 4) is 0 Å². The van der Waals surface area contributed by atoms with E-state index in [0.29, 0.717) is 5.82 Å². The topological polar surface area (TPSA) is 68.0 Å². The Labute approximate surface area is 102 Å². The minimum atomic E-state index is -0.0647. The summed E-state index contributed by atoms with van der Waals surface area (Å²) in [5.74, 6) is 0.597. The number of nitrogens with one attached hydrogen (secondary N) is 1. The minimum absolute atomic E-state index is 0.00670. The maximum Gasteiger partial charge on any atom is 0.230 e. The van der Waals surface area contributed by atoms with Crippen LogP contribution >= 0.6 is 0 Å². The van der Waals surface area contributed by atoms with Crippen molar-refractivity contribution in [3.05, 3.63) is 23.9 Å². The monoisotopic (exact) mass is 233 g/mol. The molecule has 1 aromatic heterocycles. The van der Waals surface area contributed by atoms with Crippen LogP contribution in [0.15, 0.2) is 18.3 Å². The molecule has 0 aliphatic heterocycles. The van der Waals surface area contributed by atoms with Gasteiger partial charge in [0.05, 0.1) is 5.92 Å². The lowest BCUT2D eigenvalue weighted by Crippen LogP contribution is -2.40. The van der Waals surface area contributed by atoms with Crippen LogP contribution < -0.4 is 11.1 Å². The molecular weight excluding hydrogens is 214 g/mol. The summed E-state index contributed by atoms with van der Waals surface area (Å²) < 4.78 is 0. The fraction of sp³-hybridized carbons (Fsp3) is 0.538. The molecule has 1 fully saturated rings. The van der Waals surface area contributed by atoms with Gasteiger partial charge >= 0.3 is 0 Å². The van der Waals surface area contributed by atoms with E-state index >= 15 is 0 Å². The van der Waals surface area contributed by atoms with E-state index < -0.39 is 0 Å². The van der Waals surface area contributed by atoms with Crippen LogP contribution in [0.5, 0.6) is 0 Å². The Kier molecular flexibility index (Phi) is 3.74. The zero-order chi connectivity index (χ0) is 12.3. The average molecular weight is 233 g/mol. The molecule has 1 aliphatic carbocycles. The number of carbonyl (C=O) groups is 1. The Morgan fingerprint density at radius 3 is 2.94 bits per heavy atom. The van der Waals surface area contributed by atoms with Gasteiger partial charge in [0, 0.05) is 12.2 Å². The predicted molar refractivity (Wildman–Crippen MR) is 67.5 cm³/mol. The van der Waals surface area contributed by atoms with E-state index in [1.807, 2.05) is 19.1 Å². The highest BCUT2D eigenvalue weighted by Gasteiger charge is 2.28. The highest BCUT2D eigenvalue weighted by molar-refractivity contribution is 5.92. The fourth-order valence-corrected chi connectivity index (χ4v) is 2.31. The molecule has 2 unspecified atom stereocenters. The molecule has 4 heteroatoms. The summed E-state index contributed by atoms with van der Waals surface area (Å²) in [5, 5.41) is 2.88. The first-order chi connectivity index (χ1) is 8.18. The third-order valence-electron chi connectivity index (χ3n) is 3.41. The molecule has 1 saturated carbocycles. The van der Waals surface area contributed by atoms with E-state index in [-0.39, 0.29) is 17.9 Å². The highest BCUT2D eigenvalue weighted by atomic mass is 16.2. The lowest BCUT2D eigenvalue weighted by molar-refractivity contribution is -0.121. The number of nitrogens with zero attached hydrogens (tertiary/aromatic N) is 1. The Balaban J connectivity index is 2.03. The Hall–Kier alpha value is -1.42. The molecular formula is C13H19N3O. The highest BCUT2D eigenvalue weighted by Crippen LogP contribution is 2.24. The van der Waals surface area contributed by atoms with Crippen LogP contribution in [-0.4, -0.2) is 16.9 Å². The van der Waals surface area contributed by atoms with Crippen molar-refractivity contribution < 1.29 is 4.79 Å². The van der Waals surface area contributed by atoms with Crippen LogP contribution in [0.25, 0.3) is 0 Å². The Morgan fingerprint density at radius 2 is 2.24 bits per heavy atom. The van der Waals surface area contributed by atoms with Crippen LogP contribution in [0, 0.1) is 12.8 Å². The standard InChI is InChI=1S/C13H19N3O/c1-9-5-4-8-15-12(9)16-13(17)10-6-2-3-7-11(10)14/h4-5,8,10-11H,2-3,6-7,14H2,1H3,(H,15,16,17). The number of nitrogens with two attached hydrogens (primary N) is 1. The van der Waals surface area contributed by atoms with Gasteiger partial charge in [0.15, 0.2) is 0 Å². The van der Waals surface area contributed by atoms with Crippen molar-refractivity contribution >= 4 is 11.7 Å². The largest absolute Gasteiger partial charge is 0.327 e. The number of rotatable bonds is 2. The molecule has 1 amide bonds. The average Bonchev–Trinajstić information content (AvgIpc) is 2.32. The second-order valence-corrected chi connectivity index (χ2v) is 4.71. The van der Waals surface area contributed by atoms with Gasteiger partial charge in [-0.15, -0.1) is 0 Å². The Morgan fingerprint density at radius 1 is 1.47 bits per heavy atom. The third-order valence-corrected chi connectivity index (χ3v) is 3.41. The summed E-state index contributed by atoms with van der Waals surface area (Å²) in [6, 6.07) is 3.79. The molecule has 1 aliphatic rings. The number of anilines is 1. The summed E-state index contributed by atoms with van der Waals surface area (Å²) in [7, 11) is 0. The van der Waals surface area contributed by atoms with Gasteiger partial charge in [-0.3, -0.25) is 4.79 Å². The number of hydrogen-bond acceptors (Lipinski definition) is 3. The van der Waals surface area contributed by atoms with Crippen molar-refractivity contribution in [1.82, 2.24) is 4.98 Å². The van der Waals surface area contributed by atoms with Crippen LogP contribution in [0.1, 0.15) is 31.2 Å². The quantitative estimate of drug-likeness (QED) is 0.819. The predicted octanol–water partition coefficient (Wildman–Crippen LogP) is 1.85. The number of aryl methyl sites for hydroxylation is 1. The van der Waals surface area contributed by atoms with Gasteiger partial charge in [-0.25, -0.2) is 4.98 Å². The lowest BCUT2D eigenvalue weighted by Gasteiger charge is -2.27. The minimum Gasteiger partial charge on any atom is -0.327 e. The van der Waals surface area contributed by atoms with Gasteiger partial charge in [-0.05, 0) is 31.4 Å². The normalized spacial score (nSPS) is 24.4. The van der Waals surface area contributed by atoms with Crippen molar-refractivity contribution in [1.29, 1.82) is 0 Å². The zero-order valence-corrected chi connectivity index (χ0v) is 10.1. The summed E-state index contributed by atoms with van der Waals surface area (Å²) in [6.07, 6.45) is 5.74. The summed E-state index contributed by atoms with van der Waals surface area (Å²) >= 11 is 0. The molecule has 0 saturated heterocycles. The van der Waals surface area contributed by atoms with Gasteiger partial charge in [-0.2, -0.15) is 0 Å². The second-order valence-electron chi connectivity index (χ2n) is 4.71. The van der Waals surface area contributed by atoms with E-state index in [0.717, 1.165) is 31.2 Å². The van der Waals surface area contributed by atoms with Crippen LogP contribution in [-0.2, 0) is 4.79 Å². The number of aromatic nitrogens is 1. The molecule has 1 aromatic rings. The van der Waals surface area contributed by atoms with E-state index in [4.69, 9.17) is 5.73 Å². The number of carbonyl (C=O) groups excluding carboxylic acids is 1. The SMILES string of the molecule is Cc1cccnc1NC(=O)C1CCCCC1N. The van der Waals surface area contributed by atoms with Crippen LogP contribution in [0.4, 0.5) is 5.82 Å². The van der Waals surface area contributed by atoms with Gasteiger partial charge in [0.2, 0.25) is 5.91 Å². The van der Waals surface area contributed by atoms with E-state index in [2.05, 4.69) is 10.3 Å². The molecule has 0 aromatic carbocycles. The van der Waals surface area contributed by atoms with Crippen LogP contribution in [0.3, 0.4) is 0 Å². The van der Waals surface area contributed by atoms with Crippen molar-refractivity contribution in [2.45, 2.75) is 38.6 Å². The third kappa shape index (κ3) is 2.82. The van der Waals surface area contributed by atoms with Crippen LogP contribution in [0.2, 0.25) is 0 Å². The molecule has 0 radical (unpaired) electrons. The van der Waals surface area contributed by atoms with Gasteiger partial charge in [0.1, 0.15) is 5.82 Å². The first-order valence-electron chi connectivity index (χ1n) is 6.16. The second kappa shape index (κ2) is 5.27. The number of hydrogen-bond donors (Lipinski definition) is 2. The van der Waals surface area contributed by atoms with Crippen molar-refractivity contribution in [3.63, 3.8) is 0 Å². The first kappa shape index (κ1) is 12.0. The maximum atomic E-state index is 12.1. The zero-order valence-electron chi connectivity index (χ0n) is 10.1. The Bertz CT molecular complexity index is 405. The molecule has 4 nitrogen and oxygen atoms in total. The smallest absolute Gasteiger partial charge is 0.230 e. The number of amides is 1. The molecule has 17 heavy (non-hydrogen) atoms. The maximum absolute atomic E-state index is 12.1. The lowest BCUT2D eigenvalue weighted by atomic mass is 9.84. The molecule has 0 bridgehead atoms. The molecule has 0 spiro atoms. The number of pyridine rings is 1. The molecule has 2 rings (SSSR count).